The summed E-state index contributed by atoms with van der Waals surface area (Å²) >= 11 is 0. The standard InChI is InChI=1S/C22H20F2N4O3S/c23-22(24)8-7-16-13-28(14-19(16)22)32(30,31)18-4-1-15(2-5-18)11-26-21(29)17-3-6-20-25-9-10-27(20)12-17/h1-10,12,16,19H,11,13-14H2,(H,26,29)/t16-,19+/m0/s1. The quantitative estimate of drug-likeness (QED) is 0.596. The van der Waals surface area contributed by atoms with Gasteiger partial charge in [-0.3, -0.25) is 4.79 Å². The number of imidazole rings is 1. The molecule has 0 radical (unpaired) electrons. The first-order valence-corrected chi connectivity index (χ1v) is 11.6. The van der Waals surface area contributed by atoms with Crippen LogP contribution in [0.2, 0.25) is 0 Å². The van der Waals surface area contributed by atoms with Crippen LogP contribution in [0.4, 0.5) is 8.78 Å². The number of rotatable bonds is 5. The highest BCUT2D eigenvalue weighted by molar-refractivity contribution is 7.89. The number of fused-ring (bicyclic) bond motifs is 2. The molecule has 32 heavy (non-hydrogen) atoms. The summed E-state index contributed by atoms with van der Waals surface area (Å²) in [6.07, 6.45) is 7.36. The second-order valence-electron chi connectivity index (χ2n) is 8.06. The second-order valence-corrected chi connectivity index (χ2v) is 10.0. The Morgan fingerprint density at radius 2 is 1.94 bits per heavy atom. The van der Waals surface area contributed by atoms with Crippen molar-refractivity contribution in [2.45, 2.75) is 17.4 Å². The summed E-state index contributed by atoms with van der Waals surface area (Å²) in [7, 11) is -3.87. The number of aromatic nitrogens is 2. The van der Waals surface area contributed by atoms with E-state index in [9.17, 15) is 22.0 Å². The number of sulfonamides is 1. The van der Waals surface area contributed by atoms with E-state index in [2.05, 4.69) is 10.3 Å². The number of amides is 1. The van der Waals surface area contributed by atoms with Crippen LogP contribution in [-0.4, -0.2) is 47.0 Å². The fourth-order valence-corrected chi connectivity index (χ4v) is 5.74. The molecule has 2 atom stereocenters. The van der Waals surface area contributed by atoms with Crippen LogP contribution in [-0.2, 0) is 16.6 Å². The highest BCUT2D eigenvalue weighted by Gasteiger charge is 2.52. The zero-order valence-corrected chi connectivity index (χ0v) is 17.7. The Bertz CT molecular complexity index is 1320. The summed E-state index contributed by atoms with van der Waals surface area (Å²) in [5.74, 6) is -4.71. The number of benzene rings is 1. The molecule has 3 heterocycles. The van der Waals surface area contributed by atoms with Crippen molar-refractivity contribution in [3.8, 4) is 0 Å². The average Bonchev–Trinajstić information content (AvgIpc) is 3.49. The third-order valence-electron chi connectivity index (χ3n) is 6.06. The van der Waals surface area contributed by atoms with Crippen LogP contribution in [0, 0.1) is 11.8 Å². The molecule has 10 heteroatoms. The van der Waals surface area contributed by atoms with E-state index < -0.39 is 27.8 Å². The van der Waals surface area contributed by atoms with E-state index in [1.54, 1.807) is 47.3 Å². The number of nitrogens with one attached hydrogen (secondary N) is 1. The lowest BCUT2D eigenvalue weighted by Gasteiger charge is -2.19. The Kier molecular flexibility index (Phi) is 4.86. The molecule has 1 N–H and O–H groups in total. The van der Waals surface area contributed by atoms with E-state index in [0.717, 1.165) is 16.0 Å². The molecule has 1 aromatic carbocycles. The Hall–Kier alpha value is -3.11. The molecule has 1 aliphatic heterocycles. The van der Waals surface area contributed by atoms with Gasteiger partial charge in [0, 0.05) is 50.1 Å². The fourth-order valence-electron chi connectivity index (χ4n) is 4.23. The summed E-state index contributed by atoms with van der Waals surface area (Å²) in [4.78, 5) is 16.6. The normalized spacial score (nSPS) is 22.3. The van der Waals surface area contributed by atoms with Gasteiger partial charge in [0.2, 0.25) is 10.0 Å². The van der Waals surface area contributed by atoms with Crippen LogP contribution in [0.3, 0.4) is 0 Å². The van der Waals surface area contributed by atoms with Crippen LogP contribution >= 0.6 is 0 Å². The maximum atomic E-state index is 13.9. The van der Waals surface area contributed by atoms with Crippen molar-refractivity contribution in [3.05, 3.63) is 78.3 Å². The van der Waals surface area contributed by atoms with Crippen molar-refractivity contribution < 1.29 is 22.0 Å². The summed E-state index contributed by atoms with van der Waals surface area (Å²) in [5, 5.41) is 2.80. The van der Waals surface area contributed by atoms with Gasteiger partial charge in [0.25, 0.3) is 11.8 Å². The highest BCUT2D eigenvalue weighted by Crippen LogP contribution is 2.44. The van der Waals surface area contributed by atoms with Gasteiger partial charge in [-0.15, -0.1) is 0 Å². The van der Waals surface area contributed by atoms with Gasteiger partial charge in [-0.05, 0) is 35.9 Å². The summed E-state index contributed by atoms with van der Waals surface area (Å²) in [5.41, 5.74) is 1.92. The van der Waals surface area contributed by atoms with Gasteiger partial charge in [-0.2, -0.15) is 4.31 Å². The van der Waals surface area contributed by atoms with E-state index >= 15 is 0 Å². The van der Waals surface area contributed by atoms with Crippen LogP contribution in [0.15, 0.2) is 72.0 Å². The molecule has 2 aliphatic rings. The number of hydrogen-bond donors (Lipinski definition) is 1. The van der Waals surface area contributed by atoms with Gasteiger partial charge in [-0.1, -0.05) is 18.2 Å². The number of alkyl halides is 2. The van der Waals surface area contributed by atoms with Crippen molar-refractivity contribution in [2.24, 2.45) is 11.8 Å². The number of halogens is 2. The van der Waals surface area contributed by atoms with Gasteiger partial charge in [-0.25, -0.2) is 22.2 Å². The van der Waals surface area contributed by atoms with Gasteiger partial charge < -0.3 is 9.72 Å². The topological polar surface area (TPSA) is 83.8 Å². The van der Waals surface area contributed by atoms with Crippen molar-refractivity contribution in [3.63, 3.8) is 0 Å². The number of hydrogen-bond acceptors (Lipinski definition) is 4. The smallest absolute Gasteiger partial charge is 0.271 e. The van der Waals surface area contributed by atoms with E-state index in [4.69, 9.17) is 0 Å². The minimum absolute atomic E-state index is 0.0467. The van der Waals surface area contributed by atoms with E-state index in [1.807, 2.05) is 0 Å². The number of allylic oxidation sites excluding steroid dienone is 1. The number of carbonyl (C=O) groups excluding carboxylic acids is 1. The molecular formula is C22H20F2N4O3S. The highest BCUT2D eigenvalue weighted by atomic mass is 32.2. The molecule has 1 fully saturated rings. The van der Waals surface area contributed by atoms with Crippen LogP contribution in [0.5, 0.6) is 0 Å². The molecule has 0 bridgehead atoms. The van der Waals surface area contributed by atoms with E-state index in [-0.39, 0.29) is 30.4 Å². The first-order chi connectivity index (χ1) is 15.2. The van der Waals surface area contributed by atoms with Crippen LogP contribution in [0.1, 0.15) is 15.9 Å². The Morgan fingerprint density at radius 1 is 1.16 bits per heavy atom. The predicted molar refractivity (Wildman–Crippen MR) is 113 cm³/mol. The van der Waals surface area contributed by atoms with Gasteiger partial charge in [0.1, 0.15) is 5.65 Å². The molecule has 0 saturated carbocycles. The molecule has 3 aromatic rings. The lowest BCUT2D eigenvalue weighted by molar-refractivity contribution is -0.000988. The summed E-state index contributed by atoms with van der Waals surface area (Å²) in [6, 6.07) is 9.52. The molecular weight excluding hydrogens is 438 g/mol. The van der Waals surface area contributed by atoms with Gasteiger partial charge in [0.05, 0.1) is 10.5 Å². The first-order valence-electron chi connectivity index (χ1n) is 10.1. The van der Waals surface area contributed by atoms with Crippen molar-refractivity contribution in [2.75, 3.05) is 13.1 Å². The Balaban J connectivity index is 1.24. The Morgan fingerprint density at radius 3 is 2.69 bits per heavy atom. The summed E-state index contributed by atoms with van der Waals surface area (Å²) < 4.78 is 56.5. The average molecular weight is 458 g/mol. The molecule has 2 aromatic heterocycles. The van der Waals surface area contributed by atoms with Crippen LogP contribution in [0.25, 0.3) is 5.65 Å². The predicted octanol–water partition coefficient (Wildman–Crippen LogP) is 2.71. The Labute approximate surface area is 183 Å². The third-order valence-corrected chi connectivity index (χ3v) is 7.90. The largest absolute Gasteiger partial charge is 0.348 e. The minimum atomic E-state index is -3.87. The number of carbonyl (C=O) groups is 1. The lowest BCUT2D eigenvalue weighted by Crippen LogP contribution is -2.32. The molecule has 0 spiro atoms. The monoisotopic (exact) mass is 458 g/mol. The maximum Gasteiger partial charge on any atom is 0.271 e. The molecule has 7 nitrogen and oxygen atoms in total. The third kappa shape index (κ3) is 3.59. The van der Waals surface area contributed by atoms with Crippen molar-refractivity contribution in [1.82, 2.24) is 19.0 Å². The molecule has 1 amide bonds. The van der Waals surface area contributed by atoms with E-state index in [1.165, 1.54) is 18.2 Å². The lowest BCUT2D eigenvalue weighted by atomic mass is 9.98. The second kappa shape index (κ2) is 7.49. The maximum absolute atomic E-state index is 13.9. The fraction of sp³-hybridized carbons (Fsp3) is 0.273. The number of pyridine rings is 1. The van der Waals surface area contributed by atoms with Crippen LogP contribution < -0.4 is 5.32 Å². The molecule has 5 rings (SSSR count). The number of nitrogens with zero attached hydrogens (tertiary/aromatic N) is 3. The molecule has 1 aliphatic carbocycles. The summed E-state index contributed by atoms with van der Waals surface area (Å²) in [6.45, 7) is 0.0657. The van der Waals surface area contributed by atoms with E-state index in [0.29, 0.717) is 11.1 Å². The zero-order chi connectivity index (χ0) is 22.5. The van der Waals surface area contributed by atoms with Gasteiger partial charge in [0.15, 0.2) is 0 Å². The van der Waals surface area contributed by atoms with Crippen molar-refractivity contribution >= 4 is 21.6 Å². The minimum Gasteiger partial charge on any atom is -0.348 e. The zero-order valence-electron chi connectivity index (χ0n) is 16.9. The van der Waals surface area contributed by atoms with Gasteiger partial charge >= 0.3 is 0 Å². The SMILES string of the molecule is O=C(NCc1ccc(S(=O)(=O)N2C[C@@H]3[C@@H](C=CC3(F)F)C2)cc1)c1ccc2nccn2c1. The molecule has 1 saturated heterocycles. The molecule has 166 valence electrons. The first kappa shape index (κ1) is 20.8. The molecule has 0 unspecified atom stereocenters. The van der Waals surface area contributed by atoms with Crippen molar-refractivity contribution in [1.29, 1.82) is 0 Å².